The molecular formula is C26H22Br2N2O2. The number of halogens is 2. The molecule has 0 saturated carbocycles. The maximum absolute atomic E-state index is 12.6. The molecule has 0 aliphatic heterocycles. The number of nitrogens with zero attached hydrogens (tertiary/aromatic N) is 1. The van der Waals surface area contributed by atoms with Crippen molar-refractivity contribution in [3.05, 3.63) is 104 Å². The summed E-state index contributed by atoms with van der Waals surface area (Å²) in [5.74, 6) is 0.236. The lowest BCUT2D eigenvalue weighted by atomic mass is 10.1. The van der Waals surface area contributed by atoms with E-state index in [-0.39, 0.29) is 11.6 Å². The number of hydrogen-bond donors (Lipinski definition) is 1. The van der Waals surface area contributed by atoms with Crippen molar-refractivity contribution < 1.29 is 9.53 Å². The first-order valence-corrected chi connectivity index (χ1v) is 11.6. The number of rotatable bonds is 7. The molecule has 6 heteroatoms. The summed E-state index contributed by atoms with van der Waals surface area (Å²) in [5.41, 5.74) is 3.95. The standard InChI is InChI=1S/C26H22Br2N2O2/c1-17-7-6-8-19(11-17)16-32-25-23(27)13-20(14-24(25)28)12-22(15-29)26(31)30-18(2)21-9-4-3-5-10-21/h3-14,18H,16H2,1-2H3,(H,30,31)/b22-12-/t18-/m1/s1. The van der Waals surface area contributed by atoms with Gasteiger partial charge in [0.1, 0.15) is 24.0 Å². The monoisotopic (exact) mass is 552 g/mol. The van der Waals surface area contributed by atoms with Crippen molar-refractivity contribution in [2.45, 2.75) is 26.5 Å². The van der Waals surface area contributed by atoms with E-state index in [2.05, 4.69) is 43.2 Å². The van der Waals surface area contributed by atoms with Gasteiger partial charge in [-0.25, -0.2) is 0 Å². The van der Waals surface area contributed by atoms with Crippen LogP contribution in [0.15, 0.2) is 81.2 Å². The van der Waals surface area contributed by atoms with Gasteiger partial charge in [-0.05, 0) is 80.6 Å². The number of nitrogens with one attached hydrogen (secondary N) is 1. The number of benzene rings is 3. The zero-order valence-electron chi connectivity index (χ0n) is 17.7. The molecule has 0 aliphatic carbocycles. The summed E-state index contributed by atoms with van der Waals surface area (Å²) in [5, 5.41) is 12.4. The second-order valence-corrected chi connectivity index (χ2v) is 9.08. The van der Waals surface area contributed by atoms with Crippen molar-refractivity contribution in [1.82, 2.24) is 5.32 Å². The van der Waals surface area contributed by atoms with Gasteiger partial charge in [0.05, 0.1) is 15.0 Å². The molecule has 1 N–H and O–H groups in total. The fourth-order valence-corrected chi connectivity index (χ4v) is 4.62. The summed E-state index contributed by atoms with van der Waals surface area (Å²) in [4.78, 5) is 12.6. The number of nitriles is 1. The smallest absolute Gasteiger partial charge is 0.262 e. The summed E-state index contributed by atoms with van der Waals surface area (Å²) >= 11 is 7.08. The number of amides is 1. The van der Waals surface area contributed by atoms with Crippen LogP contribution in [0, 0.1) is 18.3 Å². The van der Waals surface area contributed by atoms with Crippen LogP contribution in [0.4, 0.5) is 0 Å². The van der Waals surface area contributed by atoms with Crippen LogP contribution >= 0.6 is 31.9 Å². The highest BCUT2D eigenvalue weighted by molar-refractivity contribution is 9.11. The normalized spacial score (nSPS) is 12.0. The van der Waals surface area contributed by atoms with E-state index in [1.54, 1.807) is 6.08 Å². The second kappa shape index (κ2) is 11.1. The quantitative estimate of drug-likeness (QED) is 0.256. The number of carbonyl (C=O) groups excluding carboxylic acids is 1. The lowest BCUT2D eigenvalue weighted by Gasteiger charge is -2.14. The molecule has 0 heterocycles. The third-order valence-corrected chi connectivity index (χ3v) is 5.99. The van der Waals surface area contributed by atoms with Crippen LogP contribution in [-0.2, 0) is 11.4 Å². The van der Waals surface area contributed by atoms with Gasteiger partial charge in [-0.3, -0.25) is 4.79 Å². The molecule has 0 bridgehead atoms. The fourth-order valence-electron chi connectivity index (χ4n) is 3.17. The Hall–Kier alpha value is -2.88. The maximum atomic E-state index is 12.6. The summed E-state index contributed by atoms with van der Waals surface area (Å²) < 4.78 is 7.43. The first-order chi connectivity index (χ1) is 15.4. The molecule has 0 unspecified atom stereocenters. The van der Waals surface area contributed by atoms with E-state index < -0.39 is 5.91 Å². The van der Waals surface area contributed by atoms with Crippen LogP contribution in [0.2, 0.25) is 0 Å². The number of carbonyl (C=O) groups is 1. The minimum absolute atomic E-state index is 0.0278. The Morgan fingerprint density at radius 2 is 1.78 bits per heavy atom. The van der Waals surface area contributed by atoms with Gasteiger partial charge in [0.25, 0.3) is 5.91 Å². The van der Waals surface area contributed by atoms with E-state index in [4.69, 9.17) is 4.74 Å². The van der Waals surface area contributed by atoms with Crippen molar-refractivity contribution in [2.24, 2.45) is 0 Å². The highest BCUT2D eigenvalue weighted by Crippen LogP contribution is 2.36. The van der Waals surface area contributed by atoms with Crippen molar-refractivity contribution in [2.75, 3.05) is 0 Å². The van der Waals surface area contributed by atoms with Gasteiger partial charge in [0.15, 0.2) is 0 Å². The van der Waals surface area contributed by atoms with Gasteiger partial charge in [-0.2, -0.15) is 5.26 Å². The molecule has 3 rings (SSSR count). The van der Waals surface area contributed by atoms with Crippen molar-refractivity contribution in [3.8, 4) is 11.8 Å². The zero-order valence-corrected chi connectivity index (χ0v) is 20.9. The van der Waals surface area contributed by atoms with Crippen LogP contribution < -0.4 is 10.1 Å². The first kappa shape index (κ1) is 23.8. The Kier molecular flexibility index (Phi) is 8.26. The van der Waals surface area contributed by atoms with E-state index in [0.29, 0.717) is 17.9 Å². The van der Waals surface area contributed by atoms with Crippen LogP contribution in [0.25, 0.3) is 6.08 Å². The minimum Gasteiger partial charge on any atom is -0.487 e. The van der Waals surface area contributed by atoms with Crippen LogP contribution in [0.1, 0.15) is 35.2 Å². The van der Waals surface area contributed by atoms with E-state index in [1.165, 1.54) is 5.56 Å². The van der Waals surface area contributed by atoms with Gasteiger partial charge in [-0.1, -0.05) is 60.2 Å². The van der Waals surface area contributed by atoms with Crippen molar-refractivity contribution >= 4 is 43.8 Å². The molecule has 0 saturated heterocycles. The molecule has 3 aromatic carbocycles. The first-order valence-electron chi connectivity index (χ1n) is 10.0. The van der Waals surface area contributed by atoms with E-state index in [1.807, 2.05) is 80.6 Å². The number of hydrogen-bond acceptors (Lipinski definition) is 3. The second-order valence-electron chi connectivity index (χ2n) is 7.37. The third kappa shape index (κ3) is 6.32. The Balaban J connectivity index is 1.74. The molecule has 3 aromatic rings. The fraction of sp³-hybridized carbons (Fsp3) is 0.154. The lowest BCUT2D eigenvalue weighted by molar-refractivity contribution is -0.117. The van der Waals surface area contributed by atoms with Crippen LogP contribution in [0.3, 0.4) is 0 Å². The molecule has 4 nitrogen and oxygen atoms in total. The van der Waals surface area contributed by atoms with Crippen LogP contribution in [-0.4, -0.2) is 5.91 Å². The highest BCUT2D eigenvalue weighted by Gasteiger charge is 2.15. The summed E-state index contributed by atoms with van der Waals surface area (Å²) in [6.07, 6.45) is 1.56. The van der Waals surface area contributed by atoms with Gasteiger partial charge in [0, 0.05) is 0 Å². The highest BCUT2D eigenvalue weighted by atomic mass is 79.9. The van der Waals surface area contributed by atoms with Crippen molar-refractivity contribution in [1.29, 1.82) is 5.26 Å². The molecule has 0 aliphatic rings. The van der Waals surface area contributed by atoms with Gasteiger partial charge >= 0.3 is 0 Å². The Morgan fingerprint density at radius 1 is 1.09 bits per heavy atom. The predicted molar refractivity (Wildman–Crippen MR) is 134 cm³/mol. The molecule has 1 amide bonds. The lowest BCUT2D eigenvalue weighted by Crippen LogP contribution is -2.27. The Bertz CT molecular complexity index is 1160. The molecule has 0 aromatic heterocycles. The molecular weight excluding hydrogens is 532 g/mol. The van der Waals surface area contributed by atoms with E-state index in [9.17, 15) is 10.1 Å². The average Bonchev–Trinajstić information content (AvgIpc) is 2.77. The van der Waals surface area contributed by atoms with Crippen molar-refractivity contribution in [3.63, 3.8) is 0 Å². The molecule has 0 fully saturated rings. The topological polar surface area (TPSA) is 62.1 Å². The largest absolute Gasteiger partial charge is 0.487 e. The molecule has 32 heavy (non-hydrogen) atoms. The number of aryl methyl sites for hydroxylation is 1. The third-order valence-electron chi connectivity index (χ3n) is 4.81. The molecule has 1 atom stereocenters. The summed E-state index contributed by atoms with van der Waals surface area (Å²) in [6, 6.07) is 23.2. The molecule has 0 radical (unpaired) electrons. The molecule has 162 valence electrons. The maximum Gasteiger partial charge on any atom is 0.262 e. The average molecular weight is 554 g/mol. The Labute approximate surface area is 205 Å². The summed E-state index contributed by atoms with van der Waals surface area (Å²) in [7, 11) is 0. The van der Waals surface area contributed by atoms with Gasteiger partial charge in [-0.15, -0.1) is 0 Å². The van der Waals surface area contributed by atoms with Gasteiger partial charge in [0.2, 0.25) is 0 Å². The zero-order chi connectivity index (χ0) is 23.1. The van der Waals surface area contributed by atoms with Gasteiger partial charge < -0.3 is 10.1 Å². The predicted octanol–water partition coefficient (Wildman–Crippen LogP) is 6.88. The Morgan fingerprint density at radius 3 is 2.41 bits per heavy atom. The molecule has 0 spiro atoms. The minimum atomic E-state index is -0.420. The van der Waals surface area contributed by atoms with Crippen LogP contribution in [0.5, 0.6) is 5.75 Å². The van der Waals surface area contributed by atoms with E-state index >= 15 is 0 Å². The number of ether oxygens (including phenoxy) is 1. The van der Waals surface area contributed by atoms with E-state index in [0.717, 1.165) is 20.1 Å². The summed E-state index contributed by atoms with van der Waals surface area (Å²) in [6.45, 7) is 4.35. The SMILES string of the molecule is Cc1cccc(COc2c(Br)cc(/C=C(/C#N)C(=O)N[C@H](C)c3ccccc3)cc2Br)c1.